The number of imidazole rings is 1. The molecular weight excluding hydrogens is 433 g/mol. The molecule has 2 aromatic heterocycles. The van der Waals surface area contributed by atoms with E-state index in [1.165, 1.54) is 18.2 Å². The number of esters is 1. The average molecular weight is 460 g/mol. The number of fused-ring (bicyclic) bond motifs is 1. The maximum atomic E-state index is 13.5. The maximum Gasteiger partial charge on any atom is 0.305 e. The van der Waals surface area contributed by atoms with Gasteiger partial charge in [0.05, 0.1) is 27.4 Å². The van der Waals surface area contributed by atoms with Crippen molar-refractivity contribution in [1.29, 1.82) is 0 Å². The van der Waals surface area contributed by atoms with E-state index in [1.54, 1.807) is 6.07 Å². The molecule has 0 saturated carbocycles. The number of hydrogen-bond acceptors (Lipinski definition) is 6. The Morgan fingerprint density at radius 1 is 1.16 bits per heavy atom. The molecule has 1 unspecified atom stereocenters. The van der Waals surface area contributed by atoms with Crippen molar-refractivity contribution in [1.82, 2.24) is 14.5 Å². The number of halogens is 1. The first-order chi connectivity index (χ1) is 15.1. The van der Waals surface area contributed by atoms with Gasteiger partial charge in [0.2, 0.25) is 15.8 Å². The van der Waals surface area contributed by atoms with Crippen LogP contribution in [0.3, 0.4) is 0 Å². The first-order valence-electron chi connectivity index (χ1n) is 10.6. The summed E-state index contributed by atoms with van der Waals surface area (Å²) in [7, 11) is -3.91. The Kier molecular flexibility index (Phi) is 5.79. The summed E-state index contributed by atoms with van der Waals surface area (Å²) >= 11 is 0. The lowest BCUT2D eigenvalue weighted by Crippen LogP contribution is -2.22. The Morgan fingerprint density at radius 2 is 1.91 bits per heavy atom. The Labute approximate surface area is 186 Å². The summed E-state index contributed by atoms with van der Waals surface area (Å²) in [5.41, 5.74) is 1.11. The van der Waals surface area contributed by atoms with Gasteiger partial charge >= 0.3 is 5.97 Å². The molecule has 32 heavy (non-hydrogen) atoms. The summed E-state index contributed by atoms with van der Waals surface area (Å²) in [5.74, 6) is 0.0791. The molecule has 0 N–H and O–H groups in total. The minimum absolute atomic E-state index is 0.0502. The lowest BCUT2D eigenvalue weighted by molar-refractivity contribution is -0.142. The third-order valence-corrected chi connectivity index (χ3v) is 7.44. The summed E-state index contributed by atoms with van der Waals surface area (Å²) < 4.78 is 46.9. The smallest absolute Gasteiger partial charge is 0.305 e. The SMILES string of the molecule is CC(C)(C)c1nc2cc(S(=O)(=O)c3ccnc(F)c3)ccc2n1CC1CCOC(=O)CC1. The summed E-state index contributed by atoms with van der Waals surface area (Å²) in [4.78, 5) is 19.7. The molecule has 0 radical (unpaired) electrons. The van der Waals surface area contributed by atoms with Gasteiger partial charge in [-0.05, 0) is 43.0 Å². The molecule has 1 aromatic carbocycles. The second-order valence-electron chi connectivity index (χ2n) is 9.18. The molecule has 3 aromatic rings. The van der Waals surface area contributed by atoms with E-state index in [2.05, 4.69) is 30.3 Å². The molecule has 1 atom stereocenters. The van der Waals surface area contributed by atoms with Crippen molar-refractivity contribution in [3.8, 4) is 0 Å². The van der Waals surface area contributed by atoms with Gasteiger partial charge in [0.15, 0.2) is 0 Å². The quantitative estimate of drug-likeness (QED) is 0.432. The predicted molar refractivity (Wildman–Crippen MR) is 116 cm³/mol. The van der Waals surface area contributed by atoms with E-state index in [-0.39, 0.29) is 27.1 Å². The van der Waals surface area contributed by atoms with Crippen LogP contribution in [-0.4, -0.2) is 35.5 Å². The summed E-state index contributed by atoms with van der Waals surface area (Å²) in [6.45, 7) is 7.25. The number of cyclic esters (lactones) is 1. The van der Waals surface area contributed by atoms with E-state index >= 15 is 0 Å². The van der Waals surface area contributed by atoms with Crippen LogP contribution in [0.25, 0.3) is 11.0 Å². The molecule has 1 aliphatic heterocycles. The zero-order valence-electron chi connectivity index (χ0n) is 18.3. The Hall–Kier alpha value is -2.81. The highest BCUT2D eigenvalue weighted by molar-refractivity contribution is 7.91. The number of nitrogens with zero attached hydrogens (tertiary/aromatic N) is 3. The number of hydrogen-bond donors (Lipinski definition) is 0. The van der Waals surface area contributed by atoms with Crippen LogP contribution in [0.5, 0.6) is 0 Å². The first-order valence-corrected chi connectivity index (χ1v) is 12.1. The third-order valence-electron chi connectivity index (χ3n) is 5.70. The highest BCUT2D eigenvalue weighted by atomic mass is 32.2. The van der Waals surface area contributed by atoms with Crippen LogP contribution in [0.2, 0.25) is 0 Å². The molecule has 0 spiro atoms. The Bertz CT molecular complexity index is 1280. The van der Waals surface area contributed by atoms with Crippen LogP contribution < -0.4 is 0 Å². The van der Waals surface area contributed by atoms with Crippen molar-refractivity contribution >= 4 is 26.8 Å². The van der Waals surface area contributed by atoms with Gasteiger partial charge in [0, 0.05) is 30.6 Å². The molecule has 170 valence electrons. The van der Waals surface area contributed by atoms with Crippen LogP contribution in [0.1, 0.15) is 45.9 Å². The van der Waals surface area contributed by atoms with Gasteiger partial charge in [-0.3, -0.25) is 4.79 Å². The van der Waals surface area contributed by atoms with Crippen LogP contribution in [0.4, 0.5) is 4.39 Å². The molecule has 9 heteroatoms. The van der Waals surface area contributed by atoms with Gasteiger partial charge in [-0.2, -0.15) is 4.39 Å². The van der Waals surface area contributed by atoms with Crippen molar-refractivity contribution < 1.29 is 22.3 Å². The second-order valence-corrected chi connectivity index (χ2v) is 11.1. The molecule has 4 rings (SSSR count). The van der Waals surface area contributed by atoms with E-state index in [1.807, 2.05) is 0 Å². The van der Waals surface area contributed by atoms with Gasteiger partial charge in [0.1, 0.15) is 5.82 Å². The summed E-state index contributed by atoms with van der Waals surface area (Å²) in [5, 5.41) is 0. The van der Waals surface area contributed by atoms with Crippen molar-refractivity contribution in [2.75, 3.05) is 6.61 Å². The number of rotatable bonds is 4. The fourth-order valence-electron chi connectivity index (χ4n) is 4.04. The zero-order chi connectivity index (χ0) is 23.1. The normalized spacial score (nSPS) is 17.9. The topological polar surface area (TPSA) is 91.2 Å². The van der Waals surface area contributed by atoms with Crippen molar-refractivity contribution in [2.24, 2.45) is 5.92 Å². The van der Waals surface area contributed by atoms with Crippen LogP contribution in [0, 0.1) is 11.9 Å². The monoisotopic (exact) mass is 459 g/mol. The van der Waals surface area contributed by atoms with Gasteiger partial charge < -0.3 is 9.30 Å². The minimum atomic E-state index is -3.91. The van der Waals surface area contributed by atoms with Crippen molar-refractivity contribution in [2.45, 2.75) is 61.8 Å². The van der Waals surface area contributed by atoms with E-state index in [0.29, 0.717) is 25.1 Å². The standard InChI is InChI=1S/C23H26FN3O4S/c1-23(2,3)22-26-18-12-16(32(29,30)17-8-10-25-20(24)13-17)5-6-19(18)27(22)14-15-4-7-21(28)31-11-9-15/h5-6,8,10,12-13,15H,4,7,9,11,14H2,1-3H3. The van der Waals surface area contributed by atoms with Crippen molar-refractivity contribution in [3.63, 3.8) is 0 Å². The van der Waals surface area contributed by atoms with Gasteiger partial charge in [-0.25, -0.2) is 18.4 Å². The fourth-order valence-corrected chi connectivity index (χ4v) is 5.32. The molecule has 0 amide bonds. The Balaban J connectivity index is 1.77. The van der Waals surface area contributed by atoms with E-state index in [0.717, 1.165) is 36.4 Å². The molecule has 1 fully saturated rings. The fraction of sp³-hybridized carbons (Fsp3) is 0.435. The second kappa shape index (κ2) is 8.27. The predicted octanol–water partition coefficient (Wildman–Crippen LogP) is 4.04. The number of aromatic nitrogens is 3. The number of pyridine rings is 1. The molecule has 1 aliphatic rings. The molecule has 0 bridgehead atoms. The van der Waals surface area contributed by atoms with Crippen molar-refractivity contribution in [3.05, 3.63) is 48.3 Å². The van der Waals surface area contributed by atoms with Gasteiger partial charge in [-0.1, -0.05) is 20.8 Å². The lowest BCUT2D eigenvalue weighted by Gasteiger charge is -2.23. The lowest BCUT2D eigenvalue weighted by atomic mass is 9.94. The molecule has 1 saturated heterocycles. The maximum absolute atomic E-state index is 13.5. The molecule has 3 heterocycles. The number of carbonyl (C=O) groups excluding carboxylic acids is 1. The van der Waals surface area contributed by atoms with E-state index in [9.17, 15) is 17.6 Å². The summed E-state index contributed by atoms with van der Waals surface area (Å²) in [6, 6.07) is 7.00. The number of benzene rings is 1. The van der Waals surface area contributed by atoms with E-state index < -0.39 is 15.8 Å². The van der Waals surface area contributed by atoms with Crippen LogP contribution in [0.15, 0.2) is 46.3 Å². The number of sulfone groups is 1. The minimum Gasteiger partial charge on any atom is -0.466 e. The summed E-state index contributed by atoms with van der Waals surface area (Å²) in [6.07, 6.45) is 3.04. The number of carbonyl (C=O) groups is 1. The zero-order valence-corrected chi connectivity index (χ0v) is 19.2. The average Bonchev–Trinajstić information content (AvgIpc) is 2.97. The van der Waals surface area contributed by atoms with E-state index in [4.69, 9.17) is 9.72 Å². The highest BCUT2D eigenvalue weighted by Gasteiger charge is 2.27. The number of ether oxygens (including phenoxy) is 1. The van der Waals surface area contributed by atoms with Gasteiger partial charge in [-0.15, -0.1) is 0 Å². The van der Waals surface area contributed by atoms with Crippen LogP contribution in [-0.2, 0) is 31.3 Å². The van der Waals surface area contributed by atoms with Crippen LogP contribution >= 0.6 is 0 Å². The molecule has 7 nitrogen and oxygen atoms in total. The highest BCUT2D eigenvalue weighted by Crippen LogP contribution is 2.31. The van der Waals surface area contributed by atoms with Gasteiger partial charge in [0.25, 0.3) is 0 Å². The molecule has 0 aliphatic carbocycles. The first kappa shape index (κ1) is 22.4. The Morgan fingerprint density at radius 3 is 2.62 bits per heavy atom. The third kappa shape index (κ3) is 4.39. The molecular formula is C23H26FN3O4S. The largest absolute Gasteiger partial charge is 0.466 e.